The maximum atomic E-state index is 9.43. The summed E-state index contributed by atoms with van der Waals surface area (Å²) in [5.74, 6) is 0.919. The van der Waals surface area contributed by atoms with Gasteiger partial charge >= 0.3 is 0 Å². The summed E-state index contributed by atoms with van der Waals surface area (Å²) in [5.41, 5.74) is 2.13. The Bertz CT molecular complexity index is 510. The number of phenols is 1. The van der Waals surface area contributed by atoms with Crippen LogP contribution in [0.25, 0.3) is 6.08 Å². The van der Waals surface area contributed by atoms with Crippen LogP contribution >= 0.6 is 0 Å². The second kappa shape index (κ2) is 5.92. The lowest BCUT2D eigenvalue weighted by Gasteiger charge is -2.05. The van der Waals surface area contributed by atoms with Gasteiger partial charge in [-0.3, -0.25) is 0 Å². The van der Waals surface area contributed by atoms with Crippen molar-refractivity contribution in [2.24, 2.45) is 0 Å². The molecule has 0 amide bonds. The van der Waals surface area contributed by atoms with Crippen molar-refractivity contribution in [3.63, 3.8) is 0 Å². The van der Waals surface area contributed by atoms with Crippen LogP contribution in [-0.4, -0.2) is 11.7 Å². The Labute approximate surface area is 107 Å². The maximum absolute atomic E-state index is 9.43. The van der Waals surface area contributed by atoms with Crippen LogP contribution in [0, 0.1) is 6.92 Å². The van der Waals surface area contributed by atoms with Gasteiger partial charge in [0.05, 0.1) is 0 Å². The van der Waals surface area contributed by atoms with Gasteiger partial charge in [0.15, 0.2) is 0 Å². The van der Waals surface area contributed by atoms with Crippen LogP contribution < -0.4 is 4.74 Å². The molecule has 0 aliphatic heterocycles. The van der Waals surface area contributed by atoms with Crippen molar-refractivity contribution in [3.05, 3.63) is 65.7 Å². The topological polar surface area (TPSA) is 29.5 Å². The molecule has 0 aliphatic rings. The third-order valence-corrected chi connectivity index (χ3v) is 2.49. The van der Waals surface area contributed by atoms with E-state index in [1.807, 2.05) is 55.5 Å². The Balaban J connectivity index is 1.90. The molecule has 92 valence electrons. The van der Waals surface area contributed by atoms with Gasteiger partial charge in [0.2, 0.25) is 0 Å². The van der Waals surface area contributed by atoms with E-state index in [0.29, 0.717) is 12.4 Å². The minimum absolute atomic E-state index is 0.233. The molecule has 0 fully saturated rings. The molecule has 2 aromatic rings. The van der Waals surface area contributed by atoms with Crippen molar-refractivity contribution in [2.75, 3.05) is 6.61 Å². The molecule has 2 nitrogen and oxygen atoms in total. The molecule has 2 aromatic carbocycles. The molecule has 0 saturated heterocycles. The van der Waals surface area contributed by atoms with Crippen molar-refractivity contribution in [1.82, 2.24) is 0 Å². The summed E-state index contributed by atoms with van der Waals surface area (Å²) in [6, 6.07) is 15.3. The summed E-state index contributed by atoms with van der Waals surface area (Å²) in [5, 5.41) is 9.43. The summed E-state index contributed by atoms with van der Waals surface area (Å²) in [7, 11) is 0. The van der Waals surface area contributed by atoms with Crippen LogP contribution in [0.15, 0.2) is 54.6 Å². The molecule has 18 heavy (non-hydrogen) atoms. The van der Waals surface area contributed by atoms with Crippen LogP contribution in [0.5, 0.6) is 11.5 Å². The highest BCUT2D eigenvalue weighted by atomic mass is 16.5. The van der Waals surface area contributed by atoms with E-state index in [-0.39, 0.29) is 5.75 Å². The van der Waals surface area contributed by atoms with Gasteiger partial charge in [0.1, 0.15) is 18.1 Å². The van der Waals surface area contributed by atoms with Crippen LogP contribution in [-0.2, 0) is 0 Å². The van der Waals surface area contributed by atoms with E-state index in [0.717, 1.165) is 11.1 Å². The van der Waals surface area contributed by atoms with Crippen LogP contribution in [0.4, 0.5) is 0 Å². The number of aromatic hydroxyl groups is 1. The number of rotatable bonds is 4. The number of aryl methyl sites for hydroxylation is 1. The van der Waals surface area contributed by atoms with E-state index < -0.39 is 0 Å². The molecule has 2 heteroatoms. The van der Waals surface area contributed by atoms with Crippen LogP contribution in [0.3, 0.4) is 0 Å². The monoisotopic (exact) mass is 240 g/mol. The molecule has 0 atom stereocenters. The predicted octanol–water partition coefficient (Wildman–Crippen LogP) is 3.79. The van der Waals surface area contributed by atoms with Gasteiger partial charge in [0, 0.05) is 6.07 Å². The summed E-state index contributed by atoms with van der Waals surface area (Å²) in [6.45, 7) is 2.41. The Kier molecular flexibility index (Phi) is 4.02. The molecule has 0 radical (unpaired) electrons. The largest absolute Gasteiger partial charge is 0.508 e. The lowest BCUT2D eigenvalue weighted by molar-refractivity contribution is 0.360. The van der Waals surface area contributed by atoms with E-state index >= 15 is 0 Å². The smallest absolute Gasteiger partial charge is 0.123 e. The fraction of sp³-hybridized carbons (Fsp3) is 0.125. The highest BCUT2D eigenvalue weighted by molar-refractivity contribution is 5.48. The number of hydrogen-bond acceptors (Lipinski definition) is 2. The van der Waals surface area contributed by atoms with Gasteiger partial charge in [-0.25, -0.2) is 0 Å². The van der Waals surface area contributed by atoms with E-state index in [1.54, 1.807) is 12.1 Å². The zero-order chi connectivity index (χ0) is 12.8. The van der Waals surface area contributed by atoms with Gasteiger partial charge in [0.25, 0.3) is 0 Å². The molecule has 0 saturated carbocycles. The molecule has 2 rings (SSSR count). The molecule has 0 heterocycles. The summed E-state index contributed by atoms with van der Waals surface area (Å²) >= 11 is 0. The van der Waals surface area contributed by atoms with Crippen molar-refractivity contribution in [1.29, 1.82) is 0 Å². The molecule has 0 unspecified atom stereocenters. The molecule has 0 aliphatic carbocycles. The van der Waals surface area contributed by atoms with Crippen molar-refractivity contribution in [3.8, 4) is 11.5 Å². The predicted molar refractivity (Wildman–Crippen MR) is 73.8 cm³/mol. The second-order valence-corrected chi connectivity index (χ2v) is 4.13. The van der Waals surface area contributed by atoms with E-state index in [4.69, 9.17) is 4.74 Å². The lowest BCUT2D eigenvalue weighted by Crippen LogP contribution is -1.93. The molecule has 0 aromatic heterocycles. The van der Waals surface area contributed by atoms with Gasteiger partial charge in [-0.05, 0) is 36.3 Å². The van der Waals surface area contributed by atoms with E-state index in [9.17, 15) is 5.11 Å². The first-order valence-electron chi connectivity index (χ1n) is 5.89. The van der Waals surface area contributed by atoms with Gasteiger partial charge in [-0.2, -0.15) is 0 Å². The second-order valence-electron chi connectivity index (χ2n) is 4.13. The highest BCUT2D eigenvalue weighted by Gasteiger charge is 1.96. The Hall–Kier alpha value is -2.22. The Morgan fingerprint density at radius 1 is 1.11 bits per heavy atom. The molecule has 1 N–H and O–H groups in total. The third-order valence-electron chi connectivity index (χ3n) is 2.49. The fourth-order valence-electron chi connectivity index (χ4n) is 1.70. The average molecular weight is 240 g/mol. The van der Waals surface area contributed by atoms with Crippen LogP contribution in [0.1, 0.15) is 11.1 Å². The van der Waals surface area contributed by atoms with E-state index in [1.165, 1.54) is 0 Å². The first-order chi connectivity index (χ1) is 8.74. The first-order valence-corrected chi connectivity index (χ1v) is 5.89. The normalized spacial score (nSPS) is 10.7. The number of hydrogen-bond donors (Lipinski definition) is 1. The van der Waals surface area contributed by atoms with Crippen LogP contribution in [0.2, 0.25) is 0 Å². The van der Waals surface area contributed by atoms with Gasteiger partial charge in [-0.1, -0.05) is 36.4 Å². The minimum atomic E-state index is 0.233. The quantitative estimate of drug-likeness (QED) is 0.881. The maximum Gasteiger partial charge on any atom is 0.123 e. The fourth-order valence-corrected chi connectivity index (χ4v) is 1.70. The zero-order valence-corrected chi connectivity index (χ0v) is 10.3. The van der Waals surface area contributed by atoms with Gasteiger partial charge in [-0.15, -0.1) is 0 Å². The molecular formula is C16H16O2. The molecule has 0 spiro atoms. The number of phenolic OH excluding ortho intramolecular Hbond substituents is 1. The van der Waals surface area contributed by atoms with Gasteiger partial charge < -0.3 is 9.84 Å². The zero-order valence-electron chi connectivity index (χ0n) is 10.3. The SMILES string of the molecule is Cc1cc(O)cc(OC/C=C/c2ccccc2)c1. The van der Waals surface area contributed by atoms with Crippen molar-refractivity contribution in [2.45, 2.75) is 6.92 Å². The van der Waals surface area contributed by atoms with Crippen molar-refractivity contribution < 1.29 is 9.84 Å². The summed E-state index contributed by atoms with van der Waals surface area (Å²) in [4.78, 5) is 0. The molecule has 0 bridgehead atoms. The Morgan fingerprint density at radius 3 is 2.61 bits per heavy atom. The summed E-state index contributed by atoms with van der Waals surface area (Å²) in [6.07, 6.45) is 3.96. The number of benzene rings is 2. The number of ether oxygens (including phenoxy) is 1. The highest BCUT2D eigenvalue weighted by Crippen LogP contribution is 2.21. The lowest BCUT2D eigenvalue weighted by atomic mass is 10.2. The average Bonchev–Trinajstić information content (AvgIpc) is 2.35. The summed E-state index contributed by atoms with van der Waals surface area (Å²) < 4.78 is 5.54. The minimum Gasteiger partial charge on any atom is -0.508 e. The Morgan fingerprint density at radius 2 is 1.89 bits per heavy atom. The standard InChI is InChI=1S/C16H16O2/c1-13-10-15(17)12-16(11-13)18-9-5-8-14-6-3-2-4-7-14/h2-8,10-12,17H,9H2,1H3/b8-5+. The molecular weight excluding hydrogens is 224 g/mol. The third kappa shape index (κ3) is 3.67. The van der Waals surface area contributed by atoms with E-state index in [2.05, 4.69) is 0 Å². The van der Waals surface area contributed by atoms with Crippen molar-refractivity contribution >= 4 is 6.08 Å². The first kappa shape index (κ1) is 12.2.